The van der Waals surface area contributed by atoms with E-state index in [0.29, 0.717) is 6.42 Å². The second-order valence-corrected chi connectivity index (χ2v) is 5.53. The first kappa shape index (κ1) is 13.5. The molecule has 16 heavy (non-hydrogen) atoms. The van der Waals surface area contributed by atoms with E-state index in [1.165, 1.54) is 0 Å². The molecule has 5 nitrogen and oxygen atoms in total. The Morgan fingerprint density at radius 3 is 2.69 bits per heavy atom. The van der Waals surface area contributed by atoms with Gasteiger partial charge >= 0.3 is 12.1 Å². The van der Waals surface area contributed by atoms with Crippen molar-refractivity contribution in [3.05, 3.63) is 0 Å². The summed E-state index contributed by atoms with van der Waals surface area (Å²) < 4.78 is 10.8. The molecule has 1 amide bonds. The lowest BCUT2D eigenvalue weighted by atomic mass is 10.2. The molecule has 0 radical (unpaired) electrons. The summed E-state index contributed by atoms with van der Waals surface area (Å²) in [5, 5.41) is 2.51. The summed E-state index contributed by atoms with van der Waals surface area (Å²) in [7, 11) is 0. The van der Waals surface area contributed by atoms with Gasteiger partial charge in [0.05, 0.1) is 0 Å². The first-order chi connectivity index (χ1) is 7.31. The van der Waals surface area contributed by atoms with Crippen molar-refractivity contribution in [2.45, 2.75) is 44.9 Å². The Bertz CT molecular complexity index is 287. The molecule has 0 aromatic carbocycles. The van der Waals surface area contributed by atoms with E-state index in [9.17, 15) is 9.59 Å². The molecule has 1 aliphatic heterocycles. The number of halogens is 1. The second kappa shape index (κ2) is 5.20. The van der Waals surface area contributed by atoms with Gasteiger partial charge in [-0.15, -0.1) is 0 Å². The van der Waals surface area contributed by atoms with E-state index in [-0.39, 0.29) is 12.1 Å². The summed E-state index contributed by atoms with van der Waals surface area (Å²) in [6.07, 6.45) is -0.169. The number of rotatable bonds is 2. The number of alkyl halides is 1. The van der Waals surface area contributed by atoms with Crippen LogP contribution in [0.1, 0.15) is 27.2 Å². The molecule has 1 N–H and O–H groups in total. The second-order valence-electron chi connectivity index (χ2n) is 4.65. The van der Waals surface area contributed by atoms with Gasteiger partial charge < -0.3 is 14.8 Å². The molecule has 1 heterocycles. The zero-order valence-corrected chi connectivity index (χ0v) is 11.7. The van der Waals surface area contributed by atoms with Crippen molar-refractivity contribution < 1.29 is 19.1 Å². The third-order valence-corrected chi connectivity index (χ3v) is 2.91. The molecule has 2 atom stereocenters. The molecule has 0 aromatic heterocycles. The number of carbonyl (C=O) groups is 2. The SMILES string of the molecule is CC(C)(C)OC(=O)N[C@H]1C[C@@H](CI)OC1=O. The Labute approximate surface area is 108 Å². The monoisotopic (exact) mass is 341 g/mol. The topological polar surface area (TPSA) is 64.6 Å². The van der Waals surface area contributed by atoms with E-state index in [1.54, 1.807) is 20.8 Å². The zero-order chi connectivity index (χ0) is 12.3. The minimum Gasteiger partial charge on any atom is -0.460 e. The molecule has 1 aliphatic rings. The largest absolute Gasteiger partial charge is 0.460 e. The Balaban J connectivity index is 2.43. The maximum Gasteiger partial charge on any atom is 0.408 e. The van der Waals surface area contributed by atoms with Crippen molar-refractivity contribution >= 4 is 34.7 Å². The van der Waals surface area contributed by atoms with Crippen LogP contribution in [0.15, 0.2) is 0 Å². The van der Waals surface area contributed by atoms with Gasteiger partial charge in [0, 0.05) is 10.8 Å². The van der Waals surface area contributed by atoms with Gasteiger partial charge in [-0.05, 0) is 20.8 Å². The fourth-order valence-electron chi connectivity index (χ4n) is 1.32. The predicted octanol–water partition coefficient (Wildman–Crippen LogP) is 1.63. The van der Waals surface area contributed by atoms with Gasteiger partial charge in [-0.1, -0.05) is 22.6 Å². The van der Waals surface area contributed by atoms with Gasteiger partial charge in [-0.25, -0.2) is 9.59 Å². The van der Waals surface area contributed by atoms with E-state index in [4.69, 9.17) is 9.47 Å². The van der Waals surface area contributed by atoms with Crippen LogP contribution in [-0.2, 0) is 14.3 Å². The van der Waals surface area contributed by atoms with Gasteiger partial charge in [-0.3, -0.25) is 0 Å². The number of alkyl carbamates (subject to hydrolysis) is 1. The predicted molar refractivity (Wildman–Crippen MR) is 66.5 cm³/mol. The van der Waals surface area contributed by atoms with Crippen LogP contribution in [0, 0.1) is 0 Å². The van der Waals surface area contributed by atoms with Gasteiger partial charge in [0.25, 0.3) is 0 Å². The third kappa shape index (κ3) is 4.15. The van der Waals surface area contributed by atoms with E-state index in [2.05, 4.69) is 27.9 Å². The Kier molecular flexibility index (Phi) is 4.40. The highest BCUT2D eigenvalue weighted by molar-refractivity contribution is 14.1. The minimum atomic E-state index is -0.580. The van der Waals surface area contributed by atoms with E-state index in [1.807, 2.05) is 0 Å². The van der Waals surface area contributed by atoms with Crippen LogP contribution in [0.25, 0.3) is 0 Å². The normalized spacial score (nSPS) is 25.1. The molecule has 1 saturated heterocycles. The number of ether oxygens (including phenoxy) is 2. The smallest absolute Gasteiger partial charge is 0.408 e. The van der Waals surface area contributed by atoms with Gasteiger partial charge in [0.2, 0.25) is 0 Å². The van der Waals surface area contributed by atoms with Crippen molar-refractivity contribution in [1.29, 1.82) is 0 Å². The summed E-state index contributed by atoms with van der Waals surface area (Å²) in [5.74, 6) is -0.382. The average molecular weight is 341 g/mol. The van der Waals surface area contributed by atoms with Crippen molar-refractivity contribution in [1.82, 2.24) is 5.32 Å². The lowest BCUT2D eigenvalue weighted by Crippen LogP contribution is -2.41. The molecule has 0 unspecified atom stereocenters. The van der Waals surface area contributed by atoms with Crippen LogP contribution in [0.2, 0.25) is 0 Å². The molecule has 0 aromatic rings. The van der Waals surface area contributed by atoms with Crippen LogP contribution in [0.4, 0.5) is 4.79 Å². The molecule has 1 rings (SSSR count). The molecule has 1 fully saturated rings. The highest BCUT2D eigenvalue weighted by Crippen LogP contribution is 2.17. The summed E-state index contributed by atoms with van der Waals surface area (Å²) >= 11 is 2.14. The zero-order valence-electron chi connectivity index (χ0n) is 9.58. The van der Waals surface area contributed by atoms with Crippen molar-refractivity contribution in [3.63, 3.8) is 0 Å². The lowest BCUT2D eigenvalue weighted by Gasteiger charge is -2.20. The number of carbonyl (C=O) groups excluding carboxylic acids is 2. The maximum absolute atomic E-state index is 11.4. The molecule has 0 aliphatic carbocycles. The lowest BCUT2D eigenvalue weighted by molar-refractivity contribution is -0.142. The van der Waals surface area contributed by atoms with Crippen molar-refractivity contribution in [2.75, 3.05) is 4.43 Å². The standard InChI is InChI=1S/C10H16INO4/c1-10(2,3)16-9(14)12-7-4-6(5-11)15-8(7)13/h6-7H,4-5H2,1-3H3,(H,12,14)/t6-,7-/m0/s1. The Hall–Kier alpha value is -0.530. The minimum absolute atomic E-state index is 0.104. The van der Waals surface area contributed by atoms with Gasteiger partial charge in [-0.2, -0.15) is 0 Å². The highest BCUT2D eigenvalue weighted by Gasteiger charge is 2.35. The van der Waals surface area contributed by atoms with E-state index in [0.717, 1.165) is 4.43 Å². The van der Waals surface area contributed by atoms with Crippen LogP contribution < -0.4 is 5.32 Å². The summed E-state index contributed by atoms with van der Waals surface area (Å²) in [6, 6.07) is -0.574. The molecule has 0 spiro atoms. The summed E-state index contributed by atoms with van der Waals surface area (Å²) in [6.45, 7) is 5.31. The number of hydrogen-bond donors (Lipinski definition) is 1. The first-order valence-electron chi connectivity index (χ1n) is 5.08. The number of cyclic esters (lactones) is 1. The van der Waals surface area contributed by atoms with Gasteiger partial charge in [0.15, 0.2) is 0 Å². The van der Waals surface area contributed by atoms with Crippen molar-refractivity contribution in [3.8, 4) is 0 Å². The van der Waals surface area contributed by atoms with E-state index >= 15 is 0 Å². The molecule has 6 heteroatoms. The Morgan fingerprint density at radius 2 is 2.25 bits per heavy atom. The van der Waals surface area contributed by atoms with Crippen LogP contribution in [0.5, 0.6) is 0 Å². The number of amides is 1. The first-order valence-corrected chi connectivity index (χ1v) is 6.60. The summed E-state index contributed by atoms with van der Waals surface area (Å²) in [4.78, 5) is 22.8. The van der Waals surface area contributed by atoms with Crippen LogP contribution in [0.3, 0.4) is 0 Å². The number of nitrogens with one attached hydrogen (secondary N) is 1. The third-order valence-electron chi connectivity index (χ3n) is 1.93. The Morgan fingerprint density at radius 1 is 1.62 bits per heavy atom. The van der Waals surface area contributed by atoms with Crippen LogP contribution in [-0.4, -0.2) is 34.2 Å². The molecular weight excluding hydrogens is 325 g/mol. The fourth-order valence-corrected chi connectivity index (χ4v) is 1.86. The van der Waals surface area contributed by atoms with Crippen LogP contribution >= 0.6 is 22.6 Å². The number of esters is 1. The van der Waals surface area contributed by atoms with Crippen molar-refractivity contribution in [2.24, 2.45) is 0 Å². The molecule has 0 saturated carbocycles. The molecular formula is C10H16INO4. The average Bonchev–Trinajstić information content (AvgIpc) is 2.44. The maximum atomic E-state index is 11.4. The highest BCUT2D eigenvalue weighted by atomic mass is 127. The molecule has 0 bridgehead atoms. The summed E-state index contributed by atoms with van der Waals surface area (Å²) in [5.41, 5.74) is -0.560. The number of hydrogen-bond acceptors (Lipinski definition) is 4. The fraction of sp³-hybridized carbons (Fsp3) is 0.800. The molecule has 92 valence electrons. The van der Waals surface area contributed by atoms with Gasteiger partial charge in [0.1, 0.15) is 17.7 Å². The van der Waals surface area contributed by atoms with E-state index < -0.39 is 17.7 Å². The quantitative estimate of drug-likeness (QED) is 0.471.